The second-order valence-electron chi connectivity index (χ2n) is 4.05. The Balaban J connectivity index is 2.19. The molecule has 2 rings (SSSR count). The lowest BCUT2D eigenvalue weighted by atomic mass is 9.94. The van der Waals surface area contributed by atoms with Crippen molar-refractivity contribution in [1.29, 1.82) is 0 Å². The first-order valence-electron chi connectivity index (χ1n) is 5.02. The molecule has 0 spiro atoms. The molecule has 0 heterocycles. The van der Waals surface area contributed by atoms with Crippen LogP contribution in [0.15, 0.2) is 47.1 Å². The highest BCUT2D eigenvalue weighted by Gasteiger charge is 2.10. The van der Waals surface area contributed by atoms with Gasteiger partial charge in [0, 0.05) is 0 Å². The minimum absolute atomic E-state index is 0.628. The zero-order chi connectivity index (χ0) is 9.26. The Hall–Kier alpha value is -1.04. The van der Waals surface area contributed by atoms with Gasteiger partial charge in [0.25, 0.3) is 0 Å². The van der Waals surface area contributed by atoms with Crippen LogP contribution >= 0.6 is 0 Å². The summed E-state index contributed by atoms with van der Waals surface area (Å²) in [5, 5.41) is 0. The van der Waals surface area contributed by atoms with Crippen molar-refractivity contribution in [1.82, 2.24) is 0 Å². The van der Waals surface area contributed by atoms with E-state index in [-0.39, 0.29) is 0 Å². The number of hydrogen-bond acceptors (Lipinski definition) is 0. The van der Waals surface area contributed by atoms with Crippen molar-refractivity contribution < 1.29 is 0 Å². The number of rotatable bonds is 1. The van der Waals surface area contributed by atoms with Crippen LogP contribution in [-0.2, 0) is 0 Å². The van der Waals surface area contributed by atoms with Gasteiger partial charge in [-0.25, -0.2) is 0 Å². The molecule has 0 saturated heterocycles. The van der Waals surface area contributed by atoms with E-state index >= 15 is 0 Å². The molecular formula is C13H16. The highest BCUT2D eigenvalue weighted by Crippen LogP contribution is 2.28. The third-order valence-electron chi connectivity index (χ3n) is 2.75. The second kappa shape index (κ2) is 3.37. The van der Waals surface area contributed by atoms with Crippen molar-refractivity contribution in [2.45, 2.75) is 26.7 Å². The quantitative estimate of drug-likeness (QED) is 0.564. The number of hydrogen-bond donors (Lipinski definition) is 0. The van der Waals surface area contributed by atoms with Crippen LogP contribution in [0.4, 0.5) is 0 Å². The van der Waals surface area contributed by atoms with Crippen LogP contribution in [-0.4, -0.2) is 0 Å². The molecule has 2 aliphatic rings. The molecule has 2 aliphatic carbocycles. The van der Waals surface area contributed by atoms with Crippen LogP contribution in [0.1, 0.15) is 26.7 Å². The Kier molecular flexibility index (Phi) is 2.22. The zero-order valence-corrected chi connectivity index (χ0v) is 8.38. The van der Waals surface area contributed by atoms with Gasteiger partial charge in [-0.15, -0.1) is 0 Å². The van der Waals surface area contributed by atoms with E-state index in [0.29, 0.717) is 5.92 Å². The van der Waals surface area contributed by atoms with Gasteiger partial charge >= 0.3 is 0 Å². The normalized spacial score (nSPS) is 26.9. The standard InChI is InChI=1S/C13H16/c1-10-3-6-12(7-4-10)13-8-5-11(2)9-13/h3,5-6,8-9,11H,4,7H2,1-2H3. The van der Waals surface area contributed by atoms with E-state index in [1.165, 1.54) is 29.6 Å². The third-order valence-corrected chi connectivity index (χ3v) is 2.75. The van der Waals surface area contributed by atoms with Crippen molar-refractivity contribution in [3.05, 3.63) is 47.1 Å². The van der Waals surface area contributed by atoms with E-state index in [1.807, 2.05) is 0 Å². The lowest BCUT2D eigenvalue weighted by molar-refractivity contribution is 0.911. The van der Waals surface area contributed by atoms with Crippen LogP contribution in [0.25, 0.3) is 0 Å². The molecule has 0 fully saturated rings. The molecule has 0 nitrogen and oxygen atoms in total. The maximum Gasteiger partial charge on any atom is -0.00695 e. The molecule has 0 N–H and O–H groups in total. The second-order valence-corrected chi connectivity index (χ2v) is 4.05. The first-order chi connectivity index (χ1) is 6.25. The lowest BCUT2D eigenvalue weighted by Gasteiger charge is -2.11. The van der Waals surface area contributed by atoms with Crippen LogP contribution < -0.4 is 0 Å². The summed E-state index contributed by atoms with van der Waals surface area (Å²) in [4.78, 5) is 0. The van der Waals surface area contributed by atoms with Crippen molar-refractivity contribution >= 4 is 0 Å². The first kappa shape index (κ1) is 8.55. The van der Waals surface area contributed by atoms with Crippen LogP contribution in [0.2, 0.25) is 0 Å². The molecule has 0 heteroatoms. The summed E-state index contributed by atoms with van der Waals surface area (Å²) >= 11 is 0. The summed E-state index contributed by atoms with van der Waals surface area (Å²) in [6.07, 6.45) is 13.8. The Morgan fingerprint density at radius 1 is 1.23 bits per heavy atom. The third kappa shape index (κ3) is 1.82. The highest BCUT2D eigenvalue weighted by atomic mass is 14.2. The fourth-order valence-electron chi connectivity index (χ4n) is 1.85. The van der Waals surface area contributed by atoms with E-state index in [9.17, 15) is 0 Å². The largest absolute Gasteiger partial charge is 0.0773 e. The smallest absolute Gasteiger partial charge is 0.00695 e. The number of allylic oxidation sites excluding steroid dienone is 8. The summed E-state index contributed by atoms with van der Waals surface area (Å²) in [6.45, 7) is 4.43. The molecule has 0 bridgehead atoms. The van der Waals surface area contributed by atoms with E-state index < -0.39 is 0 Å². The summed E-state index contributed by atoms with van der Waals surface area (Å²) in [6, 6.07) is 0. The van der Waals surface area contributed by atoms with E-state index in [0.717, 1.165) is 0 Å². The van der Waals surface area contributed by atoms with Gasteiger partial charge in [0.05, 0.1) is 0 Å². The summed E-state index contributed by atoms with van der Waals surface area (Å²) in [5.74, 6) is 0.628. The van der Waals surface area contributed by atoms with Gasteiger partial charge in [-0.05, 0) is 36.8 Å². The molecule has 0 aromatic carbocycles. The maximum atomic E-state index is 2.35. The van der Waals surface area contributed by atoms with Gasteiger partial charge in [0.2, 0.25) is 0 Å². The average Bonchev–Trinajstić information content (AvgIpc) is 2.53. The molecule has 0 aromatic rings. The lowest BCUT2D eigenvalue weighted by Crippen LogP contribution is -1.92. The Morgan fingerprint density at radius 3 is 2.62 bits per heavy atom. The van der Waals surface area contributed by atoms with E-state index in [1.54, 1.807) is 0 Å². The monoisotopic (exact) mass is 172 g/mol. The molecule has 0 amide bonds. The van der Waals surface area contributed by atoms with E-state index in [4.69, 9.17) is 0 Å². The summed E-state index contributed by atoms with van der Waals surface area (Å²) < 4.78 is 0. The van der Waals surface area contributed by atoms with Crippen molar-refractivity contribution in [3.8, 4) is 0 Å². The highest BCUT2D eigenvalue weighted by molar-refractivity contribution is 5.47. The predicted octanol–water partition coefficient (Wildman–Crippen LogP) is 3.79. The zero-order valence-electron chi connectivity index (χ0n) is 8.38. The van der Waals surface area contributed by atoms with Gasteiger partial charge < -0.3 is 0 Å². The maximum absolute atomic E-state index is 2.35. The van der Waals surface area contributed by atoms with Gasteiger partial charge in [-0.2, -0.15) is 0 Å². The van der Waals surface area contributed by atoms with Crippen molar-refractivity contribution in [2.75, 3.05) is 0 Å². The Bertz CT molecular complexity index is 324. The van der Waals surface area contributed by atoms with Crippen LogP contribution in [0, 0.1) is 5.92 Å². The Morgan fingerprint density at radius 2 is 2.08 bits per heavy atom. The summed E-state index contributed by atoms with van der Waals surface area (Å²) in [5.41, 5.74) is 4.45. The Labute approximate surface area is 80.3 Å². The predicted molar refractivity (Wildman–Crippen MR) is 57.5 cm³/mol. The first-order valence-corrected chi connectivity index (χ1v) is 5.02. The molecule has 0 radical (unpaired) electrons. The molecule has 1 atom stereocenters. The van der Waals surface area contributed by atoms with Gasteiger partial charge in [0.15, 0.2) is 0 Å². The van der Waals surface area contributed by atoms with Crippen LogP contribution in [0.5, 0.6) is 0 Å². The fourth-order valence-corrected chi connectivity index (χ4v) is 1.85. The molecule has 13 heavy (non-hydrogen) atoms. The van der Waals surface area contributed by atoms with Crippen molar-refractivity contribution in [2.24, 2.45) is 5.92 Å². The minimum Gasteiger partial charge on any atom is -0.0773 e. The topological polar surface area (TPSA) is 0 Å². The van der Waals surface area contributed by atoms with Gasteiger partial charge in [-0.1, -0.05) is 42.9 Å². The van der Waals surface area contributed by atoms with Crippen molar-refractivity contribution in [3.63, 3.8) is 0 Å². The van der Waals surface area contributed by atoms with Crippen LogP contribution in [0.3, 0.4) is 0 Å². The minimum atomic E-state index is 0.628. The molecule has 68 valence electrons. The SMILES string of the molecule is CC1=CC=C(C2=CC(C)C=C2)CC1. The molecule has 1 unspecified atom stereocenters. The summed E-state index contributed by atoms with van der Waals surface area (Å²) in [7, 11) is 0. The van der Waals surface area contributed by atoms with E-state index in [2.05, 4.69) is 44.2 Å². The molecule has 0 aliphatic heterocycles. The van der Waals surface area contributed by atoms with Gasteiger partial charge in [0.1, 0.15) is 0 Å². The van der Waals surface area contributed by atoms with Gasteiger partial charge in [-0.3, -0.25) is 0 Å². The molecule has 0 aromatic heterocycles. The average molecular weight is 172 g/mol. The molecular weight excluding hydrogens is 156 g/mol. The molecule has 0 saturated carbocycles. The fraction of sp³-hybridized carbons (Fsp3) is 0.385.